The predicted molar refractivity (Wildman–Crippen MR) is 70.3 cm³/mol. The highest BCUT2D eigenvalue weighted by molar-refractivity contribution is 6.33. The molecule has 0 radical (unpaired) electrons. The molecule has 0 aliphatic heterocycles. The van der Waals surface area contributed by atoms with Crippen LogP contribution in [0.25, 0.3) is 0 Å². The number of aromatic carboxylic acids is 1. The largest absolute Gasteiger partial charge is 0.478 e. The summed E-state index contributed by atoms with van der Waals surface area (Å²) in [5, 5.41) is 11.7. The van der Waals surface area contributed by atoms with E-state index < -0.39 is 11.8 Å². The van der Waals surface area contributed by atoms with E-state index in [1.54, 1.807) is 0 Å². The number of nitrogen functional groups attached to an aromatic ring is 1. The Kier molecular flexibility index (Phi) is 3.52. The van der Waals surface area contributed by atoms with Crippen molar-refractivity contribution in [2.45, 2.75) is 0 Å². The molecule has 4 N–H and O–H groups in total. The minimum Gasteiger partial charge on any atom is -0.478 e. The number of nitrogens with zero attached hydrogens (tertiary/aromatic N) is 1. The molecular formula is C12H9ClFN3O2. The molecule has 19 heavy (non-hydrogen) atoms. The van der Waals surface area contributed by atoms with E-state index in [2.05, 4.69) is 10.3 Å². The summed E-state index contributed by atoms with van der Waals surface area (Å²) in [4.78, 5) is 14.8. The molecule has 0 bridgehead atoms. The number of halogens is 2. The molecule has 0 saturated carbocycles. The number of hydrogen-bond acceptors (Lipinski definition) is 4. The number of para-hydroxylation sites is 1. The molecule has 2 rings (SSSR count). The monoisotopic (exact) mass is 281 g/mol. The summed E-state index contributed by atoms with van der Waals surface area (Å²) < 4.78 is 13.6. The number of anilines is 3. The lowest BCUT2D eigenvalue weighted by Crippen LogP contribution is -2.07. The molecule has 5 nitrogen and oxygen atoms in total. The van der Waals surface area contributed by atoms with Crippen molar-refractivity contribution < 1.29 is 14.3 Å². The second kappa shape index (κ2) is 5.11. The topological polar surface area (TPSA) is 88.2 Å². The van der Waals surface area contributed by atoms with Crippen molar-refractivity contribution in [2.75, 3.05) is 11.1 Å². The Balaban J connectivity index is 2.45. The lowest BCUT2D eigenvalue weighted by Gasteiger charge is -2.11. The van der Waals surface area contributed by atoms with E-state index in [0.29, 0.717) is 0 Å². The Labute approximate surface area is 112 Å². The van der Waals surface area contributed by atoms with Crippen LogP contribution < -0.4 is 11.1 Å². The number of carboxylic acids is 1. The van der Waals surface area contributed by atoms with Crippen LogP contribution in [-0.4, -0.2) is 16.1 Å². The van der Waals surface area contributed by atoms with Crippen molar-refractivity contribution >= 4 is 34.8 Å². The van der Waals surface area contributed by atoms with Gasteiger partial charge in [0.2, 0.25) is 0 Å². The van der Waals surface area contributed by atoms with Crippen LogP contribution in [0.2, 0.25) is 5.02 Å². The van der Waals surface area contributed by atoms with Crippen molar-refractivity contribution in [3.05, 3.63) is 46.9 Å². The number of benzene rings is 1. The number of nitrogens with two attached hydrogens (primary N) is 1. The predicted octanol–water partition coefficient (Wildman–Crippen LogP) is 2.90. The first-order valence-electron chi connectivity index (χ1n) is 5.19. The molecule has 98 valence electrons. The van der Waals surface area contributed by atoms with Crippen molar-refractivity contribution in [3.8, 4) is 0 Å². The molecule has 0 atom stereocenters. The third-order valence-corrected chi connectivity index (χ3v) is 2.74. The van der Waals surface area contributed by atoms with E-state index in [-0.39, 0.29) is 27.8 Å². The summed E-state index contributed by atoms with van der Waals surface area (Å²) in [5.41, 5.74) is 5.44. The summed E-state index contributed by atoms with van der Waals surface area (Å²) in [6.45, 7) is 0. The highest BCUT2D eigenvalue weighted by atomic mass is 35.5. The molecule has 0 aliphatic carbocycles. The van der Waals surface area contributed by atoms with Gasteiger partial charge in [-0.15, -0.1) is 0 Å². The summed E-state index contributed by atoms with van der Waals surface area (Å²) in [6.07, 6.45) is 1.26. The van der Waals surface area contributed by atoms with E-state index in [4.69, 9.17) is 22.4 Å². The van der Waals surface area contributed by atoms with Gasteiger partial charge in [0.25, 0.3) is 0 Å². The van der Waals surface area contributed by atoms with Gasteiger partial charge < -0.3 is 16.2 Å². The number of carbonyl (C=O) groups is 1. The van der Waals surface area contributed by atoms with Gasteiger partial charge in [-0.1, -0.05) is 17.7 Å². The molecule has 0 amide bonds. The first kappa shape index (κ1) is 13.1. The van der Waals surface area contributed by atoms with Crippen LogP contribution in [0.15, 0.2) is 30.5 Å². The number of rotatable bonds is 3. The fourth-order valence-corrected chi connectivity index (χ4v) is 1.71. The van der Waals surface area contributed by atoms with E-state index in [1.165, 1.54) is 30.5 Å². The summed E-state index contributed by atoms with van der Waals surface area (Å²) in [6, 6.07) is 5.41. The fourth-order valence-electron chi connectivity index (χ4n) is 1.49. The van der Waals surface area contributed by atoms with Crippen molar-refractivity contribution in [3.63, 3.8) is 0 Å². The smallest absolute Gasteiger partial charge is 0.337 e. The Morgan fingerprint density at radius 2 is 2.16 bits per heavy atom. The van der Waals surface area contributed by atoms with Crippen LogP contribution in [0.5, 0.6) is 0 Å². The van der Waals surface area contributed by atoms with Gasteiger partial charge in [-0.05, 0) is 18.2 Å². The van der Waals surface area contributed by atoms with Crippen LogP contribution in [0.4, 0.5) is 21.6 Å². The SMILES string of the molecule is Nc1c(C(=O)O)ccnc1Nc1c(F)cccc1Cl. The van der Waals surface area contributed by atoms with Gasteiger partial charge in [0.05, 0.1) is 22.0 Å². The van der Waals surface area contributed by atoms with Gasteiger partial charge in [-0.25, -0.2) is 14.2 Å². The minimum atomic E-state index is -1.19. The lowest BCUT2D eigenvalue weighted by atomic mass is 10.2. The molecule has 0 saturated heterocycles. The Morgan fingerprint density at radius 3 is 2.79 bits per heavy atom. The summed E-state index contributed by atoms with van der Waals surface area (Å²) >= 11 is 5.85. The maximum atomic E-state index is 13.6. The van der Waals surface area contributed by atoms with E-state index in [1.807, 2.05) is 0 Å². The average Bonchev–Trinajstić information content (AvgIpc) is 2.35. The zero-order valence-corrected chi connectivity index (χ0v) is 10.3. The Morgan fingerprint density at radius 1 is 1.42 bits per heavy atom. The molecule has 0 spiro atoms. The third-order valence-electron chi connectivity index (χ3n) is 2.43. The highest BCUT2D eigenvalue weighted by Crippen LogP contribution is 2.30. The highest BCUT2D eigenvalue weighted by Gasteiger charge is 2.14. The lowest BCUT2D eigenvalue weighted by molar-refractivity contribution is 0.0698. The number of hydrogen-bond donors (Lipinski definition) is 3. The molecule has 1 aromatic carbocycles. The normalized spacial score (nSPS) is 10.2. The second-order valence-corrected chi connectivity index (χ2v) is 4.05. The van der Waals surface area contributed by atoms with Gasteiger partial charge >= 0.3 is 5.97 Å². The first-order valence-corrected chi connectivity index (χ1v) is 5.57. The van der Waals surface area contributed by atoms with Crippen molar-refractivity contribution in [1.29, 1.82) is 0 Å². The number of aromatic nitrogens is 1. The van der Waals surface area contributed by atoms with E-state index >= 15 is 0 Å². The fraction of sp³-hybridized carbons (Fsp3) is 0. The van der Waals surface area contributed by atoms with E-state index in [0.717, 1.165) is 0 Å². The maximum absolute atomic E-state index is 13.6. The quantitative estimate of drug-likeness (QED) is 0.805. The van der Waals surface area contributed by atoms with Crippen LogP contribution in [0.1, 0.15) is 10.4 Å². The molecule has 0 fully saturated rings. The zero-order valence-electron chi connectivity index (χ0n) is 9.52. The van der Waals surface area contributed by atoms with Crippen LogP contribution in [0.3, 0.4) is 0 Å². The summed E-state index contributed by atoms with van der Waals surface area (Å²) in [5.74, 6) is -1.75. The van der Waals surface area contributed by atoms with Crippen molar-refractivity contribution in [1.82, 2.24) is 4.98 Å². The second-order valence-electron chi connectivity index (χ2n) is 3.65. The Bertz CT molecular complexity index is 629. The zero-order chi connectivity index (χ0) is 14.0. The molecule has 1 aromatic heterocycles. The number of nitrogens with one attached hydrogen (secondary N) is 1. The molecule has 1 heterocycles. The van der Waals surface area contributed by atoms with Crippen LogP contribution in [0, 0.1) is 5.82 Å². The van der Waals surface area contributed by atoms with Crippen molar-refractivity contribution in [2.24, 2.45) is 0 Å². The standard InChI is InChI=1S/C12H9ClFN3O2/c13-7-2-1-3-8(14)10(7)17-11-9(15)6(12(18)19)4-5-16-11/h1-5H,15H2,(H,16,17)(H,18,19). The molecule has 7 heteroatoms. The summed E-state index contributed by atoms with van der Waals surface area (Å²) in [7, 11) is 0. The third kappa shape index (κ3) is 2.58. The maximum Gasteiger partial charge on any atom is 0.337 e. The van der Waals surface area contributed by atoms with Crippen LogP contribution >= 0.6 is 11.6 Å². The van der Waals surface area contributed by atoms with Gasteiger partial charge in [-0.2, -0.15) is 0 Å². The molecule has 0 unspecified atom stereocenters. The van der Waals surface area contributed by atoms with E-state index in [9.17, 15) is 9.18 Å². The first-order chi connectivity index (χ1) is 9.00. The van der Waals surface area contributed by atoms with Gasteiger partial charge in [0.1, 0.15) is 5.82 Å². The molecular weight excluding hydrogens is 273 g/mol. The van der Waals surface area contributed by atoms with Gasteiger partial charge in [-0.3, -0.25) is 0 Å². The number of pyridine rings is 1. The number of carboxylic acid groups (broad SMARTS) is 1. The van der Waals surface area contributed by atoms with Gasteiger partial charge in [0.15, 0.2) is 5.82 Å². The molecule has 0 aliphatic rings. The minimum absolute atomic E-state index is 0.00842. The van der Waals surface area contributed by atoms with Gasteiger partial charge in [0, 0.05) is 6.20 Å². The molecule has 2 aromatic rings. The average molecular weight is 282 g/mol. The van der Waals surface area contributed by atoms with Crippen LogP contribution in [-0.2, 0) is 0 Å². The Hall–Kier alpha value is -2.34.